The number of amides is 4. The molecule has 0 saturated carbocycles. The van der Waals surface area contributed by atoms with Gasteiger partial charge in [-0.25, -0.2) is 4.79 Å². The zero-order valence-electron chi connectivity index (χ0n) is 20.6. The molecule has 2 aliphatic heterocycles. The number of aryl methyl sites for hydroxylation is 2. The maximum Gasteiger partial charge on any atom is 0.326 e. The Balaban J connectivity index is 1.46. The molecule has 188 valence electrons. The SMILES string of the molecule is CC(=O)c1cc2c(cc1NC(=O)CN1C(=O)N[C@](c3ccccc3)(c3ccc(C)c(C)c3)C1=O)OCO2. The molecule has 9 heteroatoms. The van der Waals surface area contributed by atoms with Gasteiger partial charge in [-0.2, -0.15) is 0 Å². The van der Waals surface area contributed by atoms with Crippen molar-refractivity contribution >= 4 is 29.3 Å². The number of Topliss-reactive ketones (excluding diaryl/α,β-unsaturated/α-hetero) is 1. The molecule has 0 aliphatic carbocycles. The van der Waals surface area contributed by atoms with E-state index in [1.807, 2.05) is 38.1 Å². The van der Waals surface area contributed by atoms with E-state index in [4.69, 9.17) is 9.47 Å². The molecule has 2 heterocycles. The van der Waals surface area contributed by atoms with E-state index in [0.29, 0.717) is 22.6 Å². The summed E-state index contributed by atoms with van der Waals surface area (Å²) in [5.74, 6) is -0.721. The summed E-state index contributed by atoms with van der Waals surface area (Å²) < 4.78 is 10.7. The average molecular weight is 500 g/mol. The Bertz CT molecular complexity index is 1450. The highest BCUT2D eigenvalue weighted by atomic mass is 16.7. The Morgan fingerprint density at radius 1 is 0.946 bits per heavy atom. The number of carbonyl (C=O) groups is 4. The van der Waals surface area contributed by atoms with Crippen molar-refractivity contribution in [2.45, 2.75) is 26.3 Å². The van der Waals surface area contributed by atoms with Crippen molar-refractivity contribution in [3.05, 3.63) is 88.5 Å². The summed E-state index contributed by atoms with van der Waals surface area (Å²) in [4.78, 5) is 53.2. The topological polar surface area (TPSA) is 114 Å². The molecule has 1 fully saturated rings. The Morgan fingerprint density at radius 3 is 2.32 bits per heavy atom. The number of rotatable bonds is 6. The zero-order valence-corrected chi connectivity index (χ0v) is 20.6. The second-order valence-electron chi connectivity index (χ2n) is 9.09. The van der Waals surface area contributed by atoms with Gasteiger partial charge >= 0.3 is 6.03 Å². The van der Waals surface area contributed by atoms with Crippen LogP contribution in [0.4, 0.5) is 10.5 Å². The van der Waals surface area contributed by atoms with Crippen molar-refractivity contribution in [1.82, 2.24) is 10.2 Å². The summed E-state index contributed by atoms with van der Waals surface area (Å²) in [6.07, 6.45) is 0. The third-order valence-electron chi connectivity index (χ3n) is 6.72. The van der Waals surface area contributed by atoms with Crippen molar-refractivity contribution in [3.63, 3.8) is 0 Å². The number of benzene rings is 3. The number of ketones is 1. The molecule has 37 heavy (non-hydrogen) atoms. The second-order valence-corrected chi connectivity index (χ2v) is 9.09. The molecular weight excluding hydrogens is 474 g/mol. The van der Waals surface area contributed by atoms with Crippen LogP contribution in [-0.4, -0.2) is 41.9 Å². The van der Waals surface area contributed by atoms with E-state index in [2.05, 4.69) is 10.6 Å². The number of ether oxygens (including phenoxy) is 2. The van der Waals surface area contributed by atoms with Crippen LogP contribution < -0.4 is 20.1 Å². The lowest BCUT2D eigenvalue weighted by atomic mass is 9.81. The molecular formula is C28H25N3O6. The first-order valence-electron chi connectivity index (χ1n) is 11.7. The van der Waals surface area contributed by atoms with Crippen molar-refractivity contribution < 1.29 is 28.7 Å². The minimum absolute atomic E-state index is 0.00653. The number of hydrogen-bond acceptors (Lipinski definition) is 6. The molecule has 5 rings (SSSR count). The minimum Gasteiger partial charge on any atom is -0.454 e. The van der Waals surface area contributed by atoms with Crippen LogP contribution in [0.1, 0.15) is 39.5 Å². The first-order chi connectivity index (χ1) is 17.7. The summed E-state index contributed by atoms with van der Waals surface area (Å²) in [5.41, 5.74) is 2.13. The number of imide groups is 1. The first-order valence-corrected chi connectivity index (χ1v) is 11.7. The molecule has 1 atom stereocenters. The fourth-order valence-electron chi connectivity index (χ4n) is 4.61. The van der Waals surface area contributed by atoms with Crippen molar-refractivity contribution in [1.29, 1.82) is 0 Å². The van der Waals surface area contributed by atoms with E-state index in [1.54, 1.807) is 24.3 Å². The number of anilines is 1. The minimum atomic E-state index is -1.49. The van der Waals surface area contributed by atoms with Gasteiger partial charge in [0.1, 0.15) is 6.54 Å². The molecule has 3 aromatic carbocycles. The van der Waals surface area contributed by atoms with Gasteiger partial charge in [0.15, 0.2) is 22.8 Å². The lowest BCUT2D eigenvalue weighted by Gasteiger charge is -2.28. The van der Waals surface area contributed by atoms with Crippen molar-refractivity contribution in [3.8, 4) is 11.5 Å². The molecule has 9 nitrogen and oxygen atoms in total. The van der Waals surface area contributed by atoms with E-state index in [-0.39, 0.29) is 23.8 Å². The van der Waals surface area contributed by atoms with E-state index < -0.39 is 29.9 Å². The third-order valence-corrected chi connectivity index (χ3v) is 6.72. The van der Waals surface area contributed by atoms with Crippen LogP contribution in [0.25, 0.3) is 0 Å². The predicted octanol–water partition coefficient (Wildman–Crippen LogP) is 3.67. The molecule has 2 N–H and O–H groups in total. The Morgan fingerprint density at radius 2 is 1.65 bits per heavy atom. The van der Waals surface area contributed by atoms with Gasteiger partial charge in [-0.05, 0) is 49.1 Å². The fourth-order valence-corrected chi connectivity index (χ4v) is 4.61. The Labute approximate surface area is 213 Å². The normalized spacial score (nSPS) is 18.1. The van der Waals surface area contributed by atoms with Gasteiger partial charge in [-0.15, -0.1) is 0 Å². The molecule has 0 unspecified atom stereocenters. The first kappa shape index (κ1) is 24.1. The maximum atomic E-state index is 13.9. The van der Waals surface area contributed by atoms with Gasteiger partial charge < -0.3 is 20.1 Å². The molecule has 0 aromatic heterocycles. The summed E-state index contributed by atoms with van der Waals surface area (Å²) >= 11 is 0. The lowest BCUT2D eigenvalue weighted by Crippen LogP contribution is -2.45. The highest BCUT2D eigenvalue weighted by Crippen LogP contribution is 2.38. The van der Waals surface area contributed by atoms with E-state index in [0.717, 1.165) is 16.0 Å². The van der Waals surface area contributed by atoms with Crippen LogP contribution in [0.3, 0.4) is 0 Å². The number of urea groups is 1. The number of hydrogen-bond donors (Lipinski definition) is 2. The summed E-state index contributed by atoms with van der Waals surface area (Å²) in [7, 11) is 0. The number of carbonyl (C=O) groups excluding carboxylic acids is 4. The van der Waals surface area contributed by atoms with Gasteiger partial charge in [0, 0.05) is 11.6 Å². The summed E-state index contributed by atoms with van der Waals surface area (Å²) in [6.45, 7) is 4.72. The van der Waals surface area contributed by atoms with Gasteiger partial charge in [-0.1, -0.05) is 48.5 Å². The smallest absolute Gasteiger partial charge is 0.326 e. The highest BCUT2D eigenvalue weighted by molar-refractivity contribution is 6.13. The number of fused-ring (bicyclic) bond motifs is 1. The van der Waals surface area contributed by atoms with Crippen LogP contribution in [0.15, 0.2) is 60.7 Å². The number of nitrogens with one attached hydrogen (secondary N) is 2. The van der Waals surface area contributed by atoms with Crippen LogP contribution in [-0.2, 0) is 15.1 Å². The van der Waals surface area contributed by atoms with E-state index >= 15 is 0 Å². The molecule has 3 aromatic rings. The molecule has 1 saturated heterocycles. The standard InChI is InChI=1S/C28H25N3O6/c1-16-9-10-20(11-17(16)2)28(19-7-5-4-6-8-19)26(34)31(27(35)30-28)14-25(33)29-22-13-24-23(36-15-37-24)12-21(22)18(3)32/h4-13H,14-15H2,1-3H3,(H,29,33)(H,30,35)/t28-/m1/s1. The van der Waals surface area contributed by atoms with Crippen molar-refractivity contribution in [2.24, 2.45) is 0 Å². The van der Waals surface area contributed by atoms with Gasteiger partial charge in [0.2, 0.25) is 12.7 Å². The van der Waals surface area contributed by atoms with Crippen LogP contribution >= 0.6 is 0 Å². The Hall–Kier alpha value is -4.66. The molecule has 4 amide bonds. The van der Waals surface area contributed by atoms with E-state index in [9.17, 15) is 19.2 Å². The summed E-state index contributed by atoms with van der Waals surface area (Å²) in [5, 5.41) is 5.49. The largest absolute Gasteiger partial charge is 0.454 e. The molecule has 0 radical (unpaired) electrons. The Kier molecular flexibility index (Phi) is 5.91. The lowest BCUT2D eigenvalue weighted by molar-refractivity contribution is -0.133. The van der Waals surface area contributed by atoms with Crippen LogP contribution in [0.5, 0.6) is 11.5 Å². The van der Waals surface area contributed by atoms with E-state index in [1.165, 1.54) is 19.1 Å². The van der Waals surface area contributed by atoms with Gasteiger partial charge in [0.25, 0.3) is 5.91 Å². The second kappa shape index (κ2) is 9.09. The number of nitrogens with zero attached hydrogens (tertiary/aromatic N) is 1. The molecule has 2 aliphatic rings. The fraction of sp³-hybridized carbons (Fsp3) is 0.214. The molecule has 0 bridgehead atoms. The predicted molar refractivity (Wildman–Crippen MR) is 135 cm³/mol. The summed E-state index contributed by atoms with van der Waals surface area (Å²) in [6, 6.07) is 16.8. The van der Waals surface area contributed by atoms with Crippen LogP contribution in [0.2, 0.25) is 0 Å². The third kappa shape index (κ3) is 4.08. The average Bonchev–Trinajstić information content (AvgIpc) is 3.43. The van der Waals surface area contributed by atoms with Crippen LogP contribution in [0, 0.1) is 13.8 Å². The molecule has 0 spiro atoms. The monoisotopic (exact) mass is 499 g/mol. The zero-order chi connectivity index (χ0) is 26.3. The maximum absolute atomic E-state index is 13.9. The van der Waals surface area contributed by atoms with Gasteiger partial charge in [0.05, 0.1) is 5.69 Å². The highest BCUT2D eigenvalue weighted by Gasteiger charge is 2.54. The quantitative estimate of drug-likeness (QED) is 0.395. The van der Waals surface area contributed by atoms with Gasteiger partial charge in [-0.3, -0.25) is 19.3 Å². The van der Waals surface area contributed by atoms with Crippen molar-refractivity contribution in [2.75, 3.05) is 18.7 Å².